The molecule has 0 aliphatic carbocycles. The molecule has 0 saturated heterocycles. The third-order valence-electron chi connectivity index (χ3n) is 5.05. The number of benzene rings is 1. The Morgan fingerprint density at radius 2 is 1.86 bits per heavy atom. The van der Waals surface area contributed by atoms with Gasteiger partial charge in [-0.05, 0) is 42.2 Å². The van der Waals surface area contributed by atoms with Gasteiger partial charge in [0.1, 0.15) is 11.4 Å². The van der Waals surface area contributed by atoms with Crippen molar-refractivity contribution in [1.29, 1.82) is 0 Å². The number of nitrogens with zero attached hydrogens (tertiary/aromatic N) is 3. The van der Waals surface area contributed by atoms with Crippen molar-refractivity contribution >= 4 is 52.2 Å². The largest absolute Gasteiger partial charge is 0.468 e. The number of hydrogen-bond donors (Lipinski definition) is 0. The second kappa shape index (κ2) is 12.8. The fourth-order valence-electron chi connectivity index (χ4n) is 3.18. The van der Waals surface area contributed by atoms with E-state index in [2.05, 4.69) is 47.7 Å². The maximum absolute atomic E-state index is 12.0. The van der Waals surface area contributed by atoms with Crippen LogP contribution in [0.2, 0.25) is 5.02 Å². The highest BCUT2D eigenvalue weighted by molar-refractivity contribution is 8.13. The lowest BCUT2D eigenvalue weighted by atomic mass is 9.86. The number of methoxy groups -OCH3 is 1. The maximum Gasteiger partial charge on any atom is 0.370 e. The molecular weight excluding hydrogens is 490 g/mol. The van der Waals surface area contributed by atoms with Crippen LogP contribution < -0.4 is 0 Å². The van der Waals surface area contributed by atoms with E-state index in [1.54, 1.807) is 17.9 Å². The van der Waals surface area contributed by atoms with Crippen LogP contribution in [-0.2, 0) is 31.0 Å². The van der Waals surface area contributed by atoms with Gasteiger partial charge in [-0.2, -0.15) is 5.10 Å². The SMILES string of the molecule is CCn1nc(C)c(Cl)c1/C(OCOC(=O)SCC(=O)OC)=C(\C=NC)c1ccc(C(C)(C)C)cc1. The summed E-state index contributed by atoms with van der Waals surface area (Å²) in [6.45, 7) is 10.3. The van der Waals surface area contributed by atoms with Gasteiger partial charge in [0.25, 0.3) is 0 Å². The molecule has 0 bridgehead atoms. The Bertz CT molecular complexity index is 1100. The summed E-state index contributed by atoms with van der Waals surface area (Å²) < 4.78 is 17.4. The maximum atomic E-state index is 12.0. The molecule has 0 atom stereocenters. The van der Waals surface area contributed by atoms with Gasteiger partial charge in [0.2, 0.25) is 6.79 Å². The van der Waals surface area contributed by atoms with E-state index in [4.69, 9.17) is 21.1 Å². The minimum absolute atomic E-state index is 0.00208. The summed E-state index contributed by atoms with van der Waals surface area (Å²) in [5.41, 5.74) is 3.88. The Morgan fingerprint density at radius 3 is 2.40 bits per heavy atom. The number of hydrogen-bond acceptors (Lipinski definition) is 8. The van der Waals surface area contributed by atoms with Crippen LogP contribution in [0, 0.1) is 6.92 Å². The number of carbonyl (C=O) groups is 2. The minimum atomic E-state index is -0.665. The zero-order valence-electron chi connectivity index (χ0n) is 21.2. The number of carbonyl (C=O) groups excluding carboxylic acids is 2. The summed E-state index contributed by atoms with van der Waals surface area (Å²) in [6, 6.07) is 8.10. The highest BCUT2D eigenvalue weighted by atomic mass is 35.5. The number of aryl methyl sites for hydroxylation is 2. The molecule has 0 fully saturated rings. The molecule has 0 spiro atoms. The first kappa shape index (κ1) is 28.5. The zero-order valence-corrected chi connectivity index (χ0v) is 22.7. The van der Waals surface area contributed by atoms with Gasteiger partial charge in [-0.1, -0.05) is 56.6 Å². The molecule has 0 unspecified atom stereocenters. The number of allylic oxidation sites excluding steroid dienone is 1. The first-order chi connectivity index (χ1) is 16.5. The topological polar surface area (TPSA) is 92.0 Å². The van der Waals surface area contributed by atoms with Gasteiger partial charge < -0.3 is 14.2 Å². The lowest BCUT2D eigenvalue weighted by Gasteiger charge is -2.20. The average molecular weight is 522 g/mol. The molecule has 0 radical (unpaired) electrons. The van der Waals surface area contributed by atoms with Gasteiger partial charge in [-0.15, -0.1) is 0 Å². The highest BCUT2D eigenvalue weighted by Gasteiger charge is 2.23. The van der Waals surface area contributed by atoms with Crippen LogP contribution in [0.25, 0.3) is 11.3 Å². The van der Waals surface area contributed by atoms with Crippen molar-refractivity contribution in [2.45, 2.75) is 46.6 Å². The van der Waals surface area contributed by atoms with Crippen LogP contribution >= 0.6 is 23.4 Å². The molecule has 1 heterocycles. The molecule has 190 valence electrons. The lowest BCUT2D eigenvalue weighted by molar-refractivity contribution is -0.137. The molecule has 2 aromatic rings. The Kier molecular flexibility index (Phi) is 10.4. The summed E-state index contributed by atoms with van der Waals surface area (Å²) in [7, 11) is 2.91. The summed E-state index contributed by atoms with van der Waals surface area (Å²) in [6.07, 6.45) is 1.67. The van der Waals surface area contributed by atoms with Gasteiger partial charge in [-0.3, -0.25) is 14.5 Å². The predicted octanol–water partition coefficient (Wildman–Crippen LogP) is 5.75. The van der Waals surface area contributed by atoms with Crippen molar-refractivity contribution in [2.24, 2.45) is 4.99 Å². The van der Waals surface area contributed by atoms with E-state index in [0.29, 0.717) is 46.0 Å². The number of esters is 1. The van der Waals surface area contributed by atoms with E-state index in [1.165, 1.54) is 12.7 Å². The van der Waals surface area contributed by atoms with Crippen molar-refractivity contribution in [1.82, 2.24) is 9.78 Å². The molecule has 35 heavy (non-hydrogen) atoms. The number of halogens is 1. The summed E-state index contributed by atoms with van der Waals surface area (Å²) in [5, 5.41) is 4.26. The van der Waals surface area contributed by atoms with Crippen molar-refractivity contribution < 1.29 is 23.8 Å². The van der Waals surface area contributed by atoms with Crippen LogP contribution in [0.5, 0.6) is 0 Å². The summed E-state index contributed by atoms with van der Waals surface area (Å²) in [5.74, 6) is -0.306. The van der Waals surface area contributed by atoms with E-state index >= 15 is 0 Å². The van der Waals surface area contributed by atoms with Gasteiger partial charge in [0.05, 0.1) is 17.8 Å². The molecule has 0 aliphatic rings. The molecule has 1 aromatic heterocycles. The Balaban J connectivity index is 2.50. The smallest absolute Gasteiger partial charge is 0.370 e. The van der Waals surface area contributed by atoms with E-state index < -0.39 is 18.1 Å². The van der Waals surface area contributed by atoms with Crippen molar-refractivity contribution in [3.63, 3.8) is 0 Å². The van der Waals surface area contributed by atoms with Crippen molar-refractivity contribution in [3.05, 3.63) is 51.8 Å². The van der Waals surface area contributed by atoms with Crippen LogP contribution in [0.15, 0.2) is 29.3 Å². The fourth-order valence-corrected chi connectivity index (χ4v) is 3.88. The quantitative estimate of drug-likeness (QED) is 0.179. The molecule has 0 aliphatic heterocycles. The molecule has 0 amide bonds. The monoisotopic (exact) mass is 521 g/mol. The van der Waals surface area contributed by atoms with Gasteiger partial charge in [0.15, 0.2) is 5.76 Å². The lowest BCUT2D eigenvalue weighted by Crippen LogP contribution is -2.12. The molecule has 10 heteroatoms. The molecule has 2 rings (SSSR count). The normalized spacial score (nSPS) is 12.5. The predicted molar refractivity (Wildman–Crippen MR) is 141 cm³/mol. The second-order valence-electron chi connectivity index (χ2n) is 8.54. The molecule has 1 aromatic carbocycles. The number of thioether (sulfide) groups is 1. The number of rotatable bonds is 9. The van der Waals surface area contributed by atoms with Gasteiger partial charge in [-0.25, -0.2) is 4.79 Å². The van der Waals surface area contributed by atoms with Crippen LogP contribution in [0.4, 0.5) is 4.79 Å². The van der Waals surface area contributed by atoms with E-state index in [9.17, 15) is 9.59 Å². The van der Waals surface area contributed by atoms with Gasteiger partial charge in [0, 0.05) is 25.4 Å². The molecule has 0 N–H and O–H groups in total. The van der Waals surface area contributed by atoms with Crippen LogP contribution in [0.1, 0.15) is 50.2 Å². The summed E-state index contributed by atoms with van der Waals surface area (Å²) >= 11 is 7.33. The molecule has 8 nitrogen and oxygen atoms in total. The molecular formula is C25H32ClN3O5S. The van der Waals surface area contributed by atoms with Gasteiger partial charge >= 0.3 is 11.3 Å². The zero-order chi connectivity index (χ0) is 26.2. The second-order valence-corrected chi connectivity index (χ2v) is 9.83. The van der Waals surface area contributed by atoms with Crippen molar-refractivity contribution in [2.75, 3.05) is 26.7 Å². The third-order valence-corrected chi connectivity index (χ3v) is 6.24. The Labute approximate surface area is 215 Å². The van der Waals surface area contributed by atoms with E-state index in [1.807, 2.05) is 26.0 Å². The summed E-state index contributed by atoms with van der Waals surface area (Å²) in [4.78, 5) is 27.5. The van der Waals surface area contributed by atoms with Crippen LogP contribution in [0.3, 0.4) is 0 Å². The standard InChI is InChI=1S/C25H32ClN3O5S/c1-8-29-22(21(26)16(2)28-29)23(33-15-34-24(31)35-14-20(30)32-7)19(13-27-6)17-9-11-18(12-10-17)25(3,4)5/h9-13H,8,14-15H2,1-7H3/b23-19-,27-13?. The number of aromatic nitrogens is 2. The average Bonchev–Trinajstić information content (AvgIpc) is 3.11. The number of ether oxygens (including phenoxy) is 3. The molecule has 0 saturated carbocycles. The first-order valence-electron chi connectivity index (χ1n) is 11.0. The Hall–Kier alpha value is -2.78. The first-order valence-corrected chi connectivity index (χ1v) is 12.4. The number of aliphatic imine (C=N–C) groups is 1. The fraction of sp³-hybridized carbons (Fsp3) is 0.440. The highest BCUT2D eigenvalue weighted by Crippen LogP contribution is 2.34. The Morgan fingerprint density at radius 1 is 1.20 bits per heavy atom. The minimum Gasteiger partial charge on any atom is -0.468 e. The van der Waals surface area contributed by atoms with E-state index in [-0.39, 0.29) is 11.2 Å². The van der Waals surface area contributed by atoms with Crippen LogP contribution in [-0.4, -0.2) is 54.0 Å². The van der Waals surface area contributed by atoms with Crippen molar-refractivity contribution in [3.8, 4) is 0 Å². The third kappa shape index (κ3) is 7.60. The van der Waals surface area contributed by atoms with E-state index in [0.717, 1.165) is 5.56 Å².